The fraction of sp³-hybridized carbons (Fsp3) is 0.632. The number of fused-ring (bicyclic) bond motifs is 2. The van der Waals surface area contributed by atoms with Crippen molar-refractivity contribution in [2.24, 2.45) is 0 Å². The summed E-state index contributed by atoms with van der Waals surface area (Å²) in [6.45, 7) is 13.0. The topological polar surface area (TPSA) is 50.8 Å². The molecule has 0 spiro atoms. The molecule has 132 valence electrons. The van der Waals surface area contributed by atoms with Crippen molar-refractivity contribution >= 4 is 11.8 Å². The average Bonchev–Trinajstić information content (AvgIpc) is 2.65. The second-order valence-electron chi connectivity index (χ2n) is 7.80. The van der Waals surface area contributed by atoms with Gasteiger partial charge in [-0.2, -0.15) is 0 Å². The molecular weight excluding hydrogens is 304 g/mol. The Balaban J connectivity index is 1.88. The molecule has 2 heterocycles. The van der Waals surface area contributed by atoms with Gasteiger partial charge in [0.15, 0.2) is 0 Å². The zero-order chi connectivity index (χ0) is 17.5. The Labute approximate surface area is 144 Å². The van der Waals surface area contributed by atoms with Crippen LogP contribution in [0.2, 0.25) is 0 Å². The molecule has 0 aromatic heterocycles. The third-order valence-corrected chi connectivity index (χ3v) is 4.63. The van der Waals surface area contributed by atoms with E-state index in [4.69, 9.17) is 9.47 Å². The highest BCUT2D eigenvalue weighted by Crippen LogP contribution is 2.40. The first-order valence-corrected chi connectivity index (χ1v) is 8.77. The molecule has 24 heavy (non-hydrogen) atoms. The Kier molecular flexibility index (Phi) is 4.37. The Bertz CT molecular complexity index is 649. The van der Waals surface area contributed by atoms with Crippen LogP contribution in [0.3, 0.4) is 0 Å². The summed E-state index contributed by atoms with van der Waals surface area (Å²) < 4.78 is 11.4. The lowest BCUT2D eigenvalue weighted by Crippen LogP contribution is -2.38. The first-order chi connectivity index (χ1) is 11.3. The number of benzene rings is 1. The van der Waals surface area contributed by atoms with Crippen LogP contribution in [0.4, 0.5) is 10.5 Å². The second kappa shape index (κ2) is 6.19. The molecule has 1 aromatic carbocycles. The first kappa shape index (κ1) is 16.9. The standard InChI is InChI=1S/C19H28N2O3/c1-12-11-21(18(22)24-19(3,4)5)8-6-14-10-15-17(13(2)16(12)14)20-7-9-23-15/h10,12,20H,6-9,11H2,1-5H3. The van der Waals surface area contributed by atoms with E-state index < -0.39 is 5.60 Å². The molecule has 2 aliphatic heterocycles. The van der Waals surface area contributed by atoms with E-state index in [9.17, 15) is 4.79 Å². The molecule has 2 aliphatic rings. The molecule has 1 unspecified atom stereocenters. The summed E-state index contributed by atoms with van der Waals surface area (Å²) >= 11 is 0. The minimum Gasteiger partial charge on any atom is -0.490 e. The number of nitrogens with one attached hydrogen (secondary N) is 1. The molecule has 5 heteroatoms. The predicted octanol–water partition coefficient (Wildman–Crippen LogP) is 3.70. The maximum Gasteiger partial charge on any atom is 0.410 e. The van der Waals surface area contributed by atoms with Gasteiger partial charge >= 0.3 is 6.09 Å². The number of carbonyl (C=O) groups is 1. The number of amides is 1. The highest BCUT2D eigenvalue weighted by Gasteiger charge is 2.30. The van der Waals surface area contributed by atoms with Gasteiger partial charge in [-0.3, -0.25) is 0 Å². The molecule has 3 rings (SSSR count). The molecule has 0 saturated heterocycles. The van der Waals surface area contributed by atoms with Gasteiger partial charge in [0, 0.05) is 19.6 Å². The number of hydrogen-bond donors (Lipinski definition) is 1. The normalized spacial score (nSPS) is 20.2. The van der Waals surface area contributed by atoms with E-state index in [0.717, 1.165) is 24.4 Å². The number of hydrogen-bond acceptors (Lipinski definition) is 4. The molecule has 1 N–H and O–H groups in total. The molecule has 0 fully saturated rings. The number of nitrogens with zero attached hydrogens (tertiary/aromatic N) is 1. The van der Waals surface area contributed by atoms with E-state index in [0.29, 0.717) is 19.7 Å². The first-order valence-electron chi connectivity index (χ1n) is 8.77. The molecule has 1 amide bonds. The molecule has 0 aliphatic carbocycles. The van der Waals surface area contributed by atoms with Crippen molar-refractivity contribution in [1.82, 2.24) is 4.90 Å². The smallest absolute Gasteiger partial charge is 0.410 e. The third-order valence-electron chi connectivity index (χ3n) is 4.63. The van der Waals surface area contributed by atoms with Crippen LogP contribution in [-0.4, -0.2) is 42.8 Å². The van der Waals surface area contributed by atoms with E-state index in [1.54, 1.807) is 0 Å². The maximum atomic E-state index is 12.5. The molecule has 0 saturated carbocycles. The summed E-state index contributed by atoms with van der Waals surface area (Å²) in [6.07, 6.45) is 0.607. The summed E-state index contributed by atoms with van der Waals surface area (Å²) in [4.78, 5) is 14.3. The van der Waals surface area contributed by atoms with E-state index >= 15 is 0 Å². The van der Waals surface area contributed by atoms with Crippen LogP contribution in [0.15, 0.2) is 6.07 Å². The van der Waals surface area contributed by atoms with Crippen LogP contribution < -0.4 is 10.1 Å². The minimum atomic E-state index is -0.466. The van der Waals surface area contributed by atoms with E-state index in [1.165, 1.54) is 16.7 Å². The van der Waals surface area contributed by atoms with Gasteiger partial charge in [-0.1, -0.05) is 6.92 Å². The van der Waals surface area contributed by atoms with Gasteiger partial charge in [0.25, 0.3) is 0 Å². The molecular formula is C19H28N2O3. The number of ether oxygens (including phenoxy) is 2. The highest BCUT2D eigenvalue weighted by molar-refractivity contribution is 5.70. The molecule has 5 nitrogen and oxygen atoms in total. The van der Waals surface area contributed by atoms with Crippen LogP contribution in [0, 0.1) is 6.92 Å². The summed E-state index contributed by atoms with van der Waals surface area (Å²) in [5.74, 6) is 1.21. The summed E-state index contributed by atoms with van der Waals surface area (Å²) in [5, 5.41) is 3.46. The third kappa shape index (κ3) is 3.30. The lowest BCUT2D eigenvalue weighted by molar-refractivity contribution is 0.0248. The van der Waals surface area contributed by atoms with Crippen molar-refractivity contribution in [3.63, 3.8) is 0 Å². The quantitative estimate of drug-likeness (QED) is 0.787. The molecule has 0 bridgehead atoms. The second-order valence-corrected chi connectivity index (χ2v) is 7.80. The van der Waals surface area contributed by atoms with Crippen LogP contribution in [0.25, 0.3) is 0 Å². The summed E-state index contributed by atoms with van der Waals surface area (Å²) in [7, 11) is 0. The Morgan fingerprint density at radius 2 is 2.17 bits per heavy atom. The van der Waals surface area contributed by atoms with Crippen LogP contribution in [0.5, 0.6) is 5.75 Å². The summed E-state index contributed by atoms with van der Waals surface area (Å²) in [5.41, 5.74) is 4.52. The van der Waals surface area contributed by atoms with Crippen molar-refractivity contribution in [2.45, 2.75) is 52.6 Å². The van der Waals surface area contributed by atoms with Crippen molar-refractivity contribution in [2.75, 3.05) is 31.6 Å². The van der Waals surface area contributed by atoms with Crippen molar-refractivity contribution in [3.05, 3.63) is 22.8 Å². The molecule has 1 atom stereocenters. The number of rotatable bonds is 0. The molecule has 0 radical (unpaired) electrons. The van der Waals surface area contributed by atoms with Crippen molar-refractivity contribution in [1.29, 1.82) is 0 Å². The van der Waals surface area contributed by atoms with Crippen LogP contribution in [0.1, 0.15) is 50.3 Å². The van der Waals surface area contributed by atoms with Crippen LogP contribution in [-0.2, 0) is 11.2 Å². The van der Waals surface area contributed by atoms with Gasteiger partial charge < -0.3 is 19.7 Å². The lowest BCUT2D eigenvalue weighted by atomic mass is 9.89. The number of anilines is 1. The SMILES string of the molecule is Cc1c2c(cc3c1C(C)CN(C(=O)OC(C)(C)C)CC3)OCCN2. The Hall–Kier alpha value is -1.91. The van der Waals surface area contributed by atoms with Crippen LogP contribution >= 0.6 is 0 Å². The van der Waals surface area contributed by atoms with Gasteiger partial charge in [0.1, 0.15) is 18.0 Å². The fourth-order valence-electron chi connectivity index (χ4n) is 3.69. The Morgan fingerprint density at radius 3 is 2.88 bits per heavy atom. The minimum absolute atomic E-state index is 0.223. The fourth-order valence-corrected chi connectivity index (χ4v) is 3.69. The van der Waals surface area contributed by atoms with Gasteiger partial charge in [-0.15, -0.1) is 0 Å². The average molecular weight is 332 g/mol. The zero-order valence-corrected chi connectivity index (χ0v) is 15.4. The van der Waals surface area contributed by atoms with Gasteiger partial charge in [-0.05, 0) is 62.8 Å². The highest BCUT2D eigenvalue weighted by atomic mass is 16.6. The van der Waals surface area contributed by atoms with Gasteiger partial charge in [0.05, 0.1) is 5.69 Å². The van der Waals surface area contributed by atoms with Gasteiger partial charge in [-0.25, -0.2) is 4.79 Å². The maximum absolute atomic E-state index is 12.5. The largest absolute Gasteiger partial charge is 0.490 e. The Morgan fingerprint density at radius 1 is 1.42 bits per heavy atom. The monoisotopic (exact) mass is 332 g/mol. The van der Waals surface area contributed by atoms with Crippen molar-refractivity contribution < 1.29 is 14.3 Å². The molecule has 1 aromatic rings. The van der Waals surface area contributed by atoms with E-state index in [1.807, 2.05) is 25.7 Å². The number of carbonyl (C=O) groups excluding carboxylic acids is 1. The predicted molar refractivity (Wildman–Crippen MR) is 95.1 cm³/mol. The van der Waals surface area contributed by atoms with Gasteiger partial charge in [0.2, 0.25) is 0 Å². The summed E-state index contributed by atoms with van der Waals surface area (Å²) in [6, 6.07) is 2.15. The zero-order valence-electron chi connectivity index (χ0n) is 15.4. The lowest BCUT2D eigenvalue weighted by Gasteiger charge is -2.28. The van der Waals surface area contributed by atoms with E-state index in [-0.39, 0.29) is 12.0 Å². The van der Waals surface area contributed by atoms with Crippen molar-refractivity contribution in [3.8, 4) is 5.75 Å². The van der Waals surface area contributed by atoms with E-state index in [2.05, 4.69) is 25.2 Å².